The van der Waals surface area contributed by atoms with Crippen LogP contribution < -0.4 is 5.46 Å². The number of hydrogen-bond acceptors (Lipinski definition) is 3. The van der Waals surface area contributed by atoms with Crippen molar-refractivity contribution in [3.05, 3.63) is 15.2 Å². The zero-order valence-corrected chi connectivity index (χ0v) is 11.5. The molecule has 0 bridgehead atoms. The monoisotopic (exact) mass is 288 g/mol. The summed E-state index contributed by atoms with van der Waals surface area (Å²) in [6, 6.07) is 0. The van der Waals surface area contributed by atoms with E-state index in [1.165, 1.54) is 0 Å². The molecule has 2 rings (SSSR count). The number of rotatable bonds is 1. The van der Waals surface area contributed by atoms with Gasteiger partial charge in [-0.25, -0.2) is 0 Å². The smallest absolute Gasteiger partial charge is 0.405 e. The van der Waals surface area contributed by atoms with E-state index in [1.807, 2.05) is 5.38 Å². The van der Waals surface area contributed by atoms with E-state index in [0.717, 1.165) is 16.4 Å². The van der Waals surface area contributed by atoms with Crippen LogP contribution in [0.3, 0.4) is 0 Å². The summed E-state index contributed by atoms with van der Waals surface area (Å²) < 4.78 is 12.8. The van der Waals surface area contributed by atoms with Crippen LogP contribution in [0.1, 0.15) is 27.2 Å². The van der Waals surface area contributed by atoms with Crippen molar-refractivity contribution < 1.29 is 9.31 Å². The second-order valence-electron chi connectivity index (χ2n) is 4.54. The molecule has 15 heavy (non-hydrogen) atoms. The van der Waals surface area contributed by atoms with Gasteiger partial charge in [0.25, 0.3) is 0 Å². The van der Waals surface area contributed by atoms with E-state index in [9.17, 15) is 0 Å². The minimum atomic E-state index is -0.232. The Hall–Kier alpha value is 0.165. The second kappa shape index (κ2) is 4.20. The number of thiophene rings is 1. The molecule has 1 saturated heterocycles. The predicted molar refractivity (Wildman–Crippen MR) is 67.7 cm³/mol. The molecule has 1 aliphatic rings. The molecule has 82 valence electrons. The Labute approximate surface area is 103 Å². The Morgan fingerprint density at radius 2 is 2.27 bits per heavy atom. The Kier molecular flexibility index (Phi) is 3.26. The summed E-state index contributed by atoms with van der Waals surface area (Å²) in [4.78, 5) is 0. The SMILES string of the molecule is C[C@@H]1CC(C)(C)OB(c2cscc2Br)O1. The van der Waals surface area contributed by atoms with Crippen molar-refractivity contribution in [1.82, 2.24) is 0 Å². The van der Waals surface area contributed by atoms with Gasteiger partial charge in [0.1, 0.15) is 0 Å². The average molecular weight is 289 g/mol. The van der Waals surface area contributed by atoms with E-state index in [1.54, 1.807) is 11.3 Å². The lowest BCUT2D eigenvalue weighted by molar-refractivity contribution is -0.0229. The number of halogens is 1. The minimum absolute atomic E-state index is 0.107. The molecule has 2 heterocycles. The van der Waals surface area contributed by atoms with Crippen molar-refractivity contribution in [3.8, 4) is 0 Å². The van der Waals surface area contributed by atoms with Crippen LogP contribution in [0.4, 0.5) is 0 Å². The van der Waals surface area contributed by atoms with Gasteiger partial charge in [0.05, 0.1) is 5.60 Å². The van der Waals surface area contributed by atoms with E-state index >= 15 is 0 Å². The van der Waals surface area contributed by atoms with Crippen LogP contribution in [0, 0.1) is 0 Å². The lowest BCUT2D eigenvalue weighted by Crippen LogP contribution is -2.51. The summed E-state index contributed by atoms with van der Waals surface area (Å²) in [5.41, 5.74) is 0.989. The molecule has 0 spiro atoms. The van der Waals surface area contributed by atoms with Gasteiger partial charge in [-0.15, -0.1) is 0 Å². The Morgan fingerprint density at radius 3 is 2.80 bits per heavy atom. The van der Waals surface area contributed by atoms with Gasteiger partial charge in [-0.05, 0) is 32.6 Å². The van der Waals surface area contributed by atoms with Crippen LogP contribution in [0.2, 0.25) is 0 Å². The van der Waals surface area contributed by atoms with Crippen molar-refractivity contribution in [2.45, 2.75) is 38.9 Å². The first-order valence-electron chi connectivity index (χ1n) is 5.03. The maximum Gasteiger partial charge on any atom is 0.496 e. The lowest BCUT2D eigenvalue weighted by Gasteiger charge is -2.38. The molecule has 0 unspecified atom stereocenters. The van der Waals surface area contributed by atoms with E-state index in [0.29, 0.717) is 0 Å². The summed E-state index contributed by atoms with van der Waals surface area (Å²) in [5.74, 6) is 0. The van der Waals surface area contributed by atoms with Crippen molar-refractivity contribution in [2.75, 3.05) is 0 Å². The Morgan fingerprint density at radius 1 is 1.53 bits per heavy atom. The van der Waals surface area contributed by atoms with Crippen LogP contribution in [-0.4, -0.2) is 18.8 Å². The summed E-state index contributed by atoms with van der Waals surface area (Å²) in [6.45, 7) is 6.32. The van der Waals surface area contributed by atoms with E-state index < -0.39 is 0 Å². The molecule has 0 aromatic carbocycles. The van der Waals surface area contributed by atoms with E-state index in [-0.39, 0.29) is 18.8 Å². The van der Waals surface area contributed by atoms with Crippen LogP contribution >= 0.6 is 27.3 Å². The van der Waals surface area contributed by atoms with Crippen LogP contribution in [0.5, 0.6) is 0 Å². The summed E-state index contributed by atoms with van der Waals surface area (Å²) in [6.07, 6.45) is 1.18. The van der Waals surface area contributed by atoms with E-state index in [2.05, 4.69) is 42.1 Å². The molecule has 1 aromatic rings. The fraction of sp³-hybridized carbons (Fsp3) is 0.600. The van der Waals surface area contributed by atoms with Gasteiger partial charge in [0.15, 0.2) is 0 Å². The van der Waals surface area contributed by atoms with Gasteiger partial charge < -0.3 is 9.31 Å². The van der Waals surface area contributed by atoms with Gasteiger partial charge in [-0.3, -0.25) is 0 Å². The predicted octanol–water partition coefficient (Wildman–Crippen LogP) is 2.81. The molecule has 0 aliphatic carbocycles. The first-order valence-corrected chi connectivity index (χ1v) is 6.76. The maximum atomic E-state index is 5.92. The van der Waals surface area contributed by atoms with Crippen molar-refractivity contribution in [3.63, 3.8) is 0 Å². The molecule has 5 heteroatoms. The fourth-order valence-corrected chi connectivity index (χ4v) is 3.40. The number of hydrogen-bond donors (Lipinski definition) is 0. The van der Waals surface area contributed by atoms with Gasteiger partial charge in [0.2, 0.25) is 0 Å². The Balaban J connectivity index is 2.20. The molecular formula is C10H14BBrO2S. The second-order valence-corrected chi connectivity index (χ2v) is 6.13. The standard InChI is InChI=1S/C10H14BBrO2S/c1-7-4-10(2,3)14-11(13-7)8-5-15-6-9(8)12/h5-7H,4H2,1-3H3/t7-/m1/s1. The first kappa shape index (κ1) is 11.6. The highest BCUT2D eigenvalue weighted by molar-refractivity contribution is 9.10. The average Bonchev–Trinajstić information content (AvgIpc) is 2.47. The normalized spacial score (nSPS) is 25.6. The topological polar surface area (TPSA) is 18.5 Å². The molecule has 2 nitrogen and oxygen atoms in total. The Bertz CT molecular complexity index is 353. The third-order valence-corrected chi connectivity index (χ3v) is 4.21. The zero-order chi connectivity index (χ0) is 11.1. The highest BCUT2D eigenvalue weighted by atomic mass is 79.9. The van der Waals surface area contributed by atoms with Crippen molar-refractivity contribution in [2.24, 2.45) is 0 Å². The third kappa shape index (κ3) is 2.64. The molecule has 1 fully saturated rings. The molecular weight excluding hydrogens is 275 g/mol. The van der Waals surface area contributed by atoms with Gasteiger partial charge in [0, 0.05) is 21.4 Å². The van der Waals surface area contributed by atoms with Crippen LogP contribution in [0.15, 0.2) is 15.2 Å². The quantitative estimate of drug-likeness (QED) is 0.740. The first-order chi connectivity index (χ1) is 6.98. The highest BCUT2D eigenvalue weighted by Gasteiger charge is 2.39. The maximum absolute atomic E-state index is 5.92. The molecule has 0 amide bonds. The minimum Gasteiger partial charge on any atom is -0.405 e. The van der Waals surface area contributed by atoms with Crippen molar-refractivity contribution in [1.29, 1.82) is 0 Å². The van der Waals surface area contributed by atoms with Crippen molar-refractivity contribution >= 4 is 39.8 Å². The van der Waals surface area contributed by atoms with Gasteiger partial charge in [-0.2, -0.15) is 11.3 Å². The summed E-state index contributed by atoms with van der Waals surface area (Å²) >= 11 is 5.16. The largest absolute Gasteiger partial charge is 0.496 e. The zero-order valence-electron chi connectivity index (χ0n) is 9.12. The molecule has 0 N–H and O–H groups in total. The summed E-state index contributed by atoms with van der Waals surface area (Å²) in [5, 5.41) is 4.12. The fourth-order valence-electron chi connectivity index (χ4n) is 1.91. The molecule has 0 radical (unpaired) electrons. The van der Waals surface area contributed by atoms with E-state index in [4.69, 9.17) is 9.31 Å². The van der Waals surface area contributed by atoms with Crippen LogP contribution in [0.25, 0.3) is 0 Å². The molecule has 1 aliphatic heterocycles. The molecule has 1 atom stereocenters. The molecule has 1 aromatic heterocycles. The summed E-state index contributed by atoms with van der Waals surface area (Å²) in [7, 11) is -0.232. The van der Waals surface area contributed by atoms with Crippen LogP contribution in [-0.2, 0) is 9.31 Å². The third-order valence-electron chi connectivity index (χ3n) is 2.46. The van der Waals surface area contributed by atoms with Gasteiger partial charge >= 0.3 is 7.12 Å². The van der Waals surface area contributed by atoms with Gasteiger partial charge in [-0.1, -0.05) is 15.9 Å². The molecule has 0 saturated carbocycles. The lowest BCUT2D eigenvalue weighted by atomic mass is 9.76. The highest BCUT2D eigenvalue weighted by Crippen LogP contribution is 2.27.